The van der Waals surface area contributed by atoms with Crippen molar-refractivity contribution < 1.29 is 4.74 Å². The Hall–Kier alpha value is 0.100. The zero-order valence-corrected chi connectivity index (χ0v) is 14.4. The molecule has 108 valence electrons. The van der Waals surface area contributed by atoms with E-state index in [0.29, 0.717) is 18.0 Å². The van der Waals surface area contributed by atoms with Crippen LogP contribution in [0, 0.1) is 5.92 Å². The summed E-state index contributed by atoms with van der Waals surface area (Å²) in [7, 11) is 0. The van der Waals surface area contributed by atoms with Gasteiger partial charge < -0.3 is 10.1 Å². The molecule has 2 nitrogen and oxygen atoms in total. The average Bonchev–Trinajstić information content (AvgIpc) is 2.75. The average molecular weight is 346 g/mol. The van der Waals surface area contributed by atoms with Crippen LogP contribution >= 0.6 is 27.3 Å². The fourth-order valence-electron chi connectivity index (χ4n) is 2.63. The maximum atomic E-state index is 5.62. The van der Waals surface area contributed by atoms with Crippen molar-refractivity contribution in [2.24, 2.45) is 5.92 Å². The SMILES string of the molecule is CCOCC(NC1CCCc2sc(Br)cc21)C(C)C. The Morgan fingerprint density at radius 3 is 3.00 bits per heavy atom. The monoisotopic (exact) mass is 345 g/mol. The zero-order chi connectivity index (χ0) is 13.8. The summed E-state index contributed by atoms with van der Waals surface area (Å²) >= 11 is 5.52. The number of rotatable bonds is 6. The number of nitrogens with one attached hydrogen (secondary N) is 1. The van der Waals surface area contributed by atoms with Gasteiger partial charge in [0.1, 0.15) is 0 Å². The van der Waals surface area contributed by atoms with Crippen LogP contribution in [0.15, 0.2) is 9.85 Å². The predicted molar refractivity (Wildman–Crippen MR) is 86.0 cm³/mol. The van der Waals surface area contributed by atoms with Gasteiger partial charge in [-0.3, -0.25) is 0 Å². The first-order chi connectivity index (χ1) is 9.11. The number of hydrogen-bond donors (Lipinski definition) is 1. The summed E-state index contributed by atoms with van der Waals surface area (Å²) in [6, 6.07) is 3.24. The summed E-state index contributed by atoms with van der Waals surface area (Å²) in [6.45, 7) is 8.20. The second-order valence-corrected chi connectivity index (χ2v) is 8.07. The second kappa shape index (κ2) is 7.21. The normalized spacial score (nSPS) is 20.6. The van der Waals surface area contributed by atoms with Crippen LogP contribution in [0.2, 0.25) is 0 Å². The third-order valence-electron chi connectivity index (χ3n) is 3.81. The van der Waals surface area contributed by atoms with Crippen LogP contribution in [0.3, 0.4) is 0 Å². The largest absolute Gasteiger partial charge is 0.380 e. The molecular weight excluding hydrogens is 322 g/mol. The van der Waals surface area contributed by atoms with Gasteiger partial charge in [-0.05, 0) is 59.7 Å². The minimum Gasteiger partial charge on any atom is -0.380 e. The molecule has 1 aliphatic carbocycles. The van der Waals surface area contributed by atoms with Gasteiger partial charge in [0.25, 0.3) is 0 Å². The first-order valence-electron chi connectivity index (χ1n) is 7.23. The number of hydrogen-bond acceptors (Lipinski definition) is 3. The molecule has 0 aromatic carbocycles. The van der Waals surface area contributed by atoms with Crippen molar-refractivity contribution in [3.63, 3.8) is 0 Å². The van der Waals surface area contributed by atoms with E-state index in [1.165, 1.54) is 28.6 Å². The third-order valence-corrected chi connectivity index (χ3v) is 5.52. The van der Waals surface area contributed by atoms with Crippen molar-refractivity contribution in [1.29, 1.82) is 0 Å². The van der Waals surface area contributed by atoms with E-state index >= 15 is 0 Å². The van der Waals surface area contributed by atoms with E-state index < -0.39 is 0 Å². The van der Waals surface area contributed by atoms with Crippen LogP contribution in [-0.4, -0.2) is 19.3 Å². The molecule has 0 fully saturated rings. The van der Waals surface area contributed by atoms with E-state index in [1.54, 1.807) is 4.88 Å². The van der Waals surface area contributed by atoms with E-state index in [4.69, 9.17) is 4.74 Å². The van der Waals surface area contributed by atoms with Gasteiger partial charge in [-0.2, -0.15) is 0 Å². The Balaban J connectivity index is 2.05. The van der Waals surface area contributed by atoms with Gasteiger partial charge in [-0.25, -0.2) is 0 Å². The van der Waals surface area contributed by atoms with E-state index in [-0.39, 0.29) is 0 Å². The molecule has 1 aliphatic rings. The summed E-state index contributed by atoms with van der Waals surface area (Å²) in [5, 5.41) is 3.82. The number of fused-ring (bicyclic) bond motifs is 1. The maximum absolute atomic E-state index is 5.62. The summed E-state index contributed by atoms with van der Waals surface area (Å²) in [6.07, 6.45) is 3.77. The van der Waals surface area contributed by atoms with E-state index in [0.717, 1.165) is 13.2 Å². The second-order valence-electron chi connectivity index (χ2n) is 5.55. The molecule has 0 amide bonds. The Morgan fingerprint density at radius 1 is 1.53 bits per heavy atom. The van der Waals surface area contributed by atoms with Crippen molar-refractivity contribution in [3.8, 4) is 0 Å². The Morgan fingerprint density at radius 2 is 2.32 bits per heavy atom. The molecule has 0 radical (unpaired) electrons. The number of ether oxygens (including phenoxy) is 1. The Bertz CT molecular complexity index is 405. The minimum atomic E-state index is 0.439. The predicted octanol–water partition coefficient (Wildman–Crippen LogP) is 4.54. The first kappa shape index (κ1) is 15.5. The Kier molecular flexibility index (Phi) is 5.87. The molecule has 2 unspecified atom stereocenters. The van der Waals surface area contributed by atoms with Gasteiger partial charge in [-0.15, -0.1) is 11.3 Å². The van der Waals surface area contributed by atoms with Crippen LogP contribution in [-0.2, 0) is 11.2 Å². The van der Waals surface area contributed by atoms with E-state index in [9.17, 15) is 0 Å². The highest BCUT2D eigenvalue weighted by Crippen LogP contribution is 2.38. The topological polar surface area (TPSA) is 21.3 Å². The first-order valence-corrected chi connectivity index (χ1v) is 8.84. The summed E-state index contributed by atoms with van der Waals surface area (Å²) < 4.78 is 6.88. The highest BCUT2D eigenvalue weighted by Gasteiger charge is 2.25. The lowest BCUT2D eigenvalue weighted by atomic mass is 9.92. The van der Waals surface area contributed by atoms with Gasteiger partial charge >= 0.3 is 0 Å². The lowest BCUT2D eigenvalue weighted by molar-refractivity contribution is 0.102. The molecule has 0 bridgehead atoms. The molecule has 4 heteroatoms. The fourth-order valence-corrected chi connectivity index (χ4v) is 4.45. The molecule has 0 saturated carbocycles. The lowest BCUT2D eigenvalue weighted by Gasteiger charge is -2.31. The molecule has 0 saturated heterocycles. The van der Waals surface area contributed by atoms with Gasteiger partial charge in [-0.1, -0.05) is 13.8 Å². The lowest BCUT2D eigenvalue weighted by Crippen LogP contribution is -2.41. The fraction of sp³-hybridized carbons (Fsp3) is 0.733. The van der Waals surface area contributed by atoms with Crippen LogP contribution in [0.25, 0.3) is 0 Å². The highest BCUT2D eigenvalue weighted by molar-refractivity contribution is 9.11. The molecule has 1 N–H and O–H groups in total. The van der Waals surface area contributed by atoms with Crippen molar-refractivity contribution in [3.05, 3.63) is 20.3 Å². The standard InChI is InChI=1S/C15H24BrNOS/c1-4-18-9-13(10(2)3)17-12-6-5-7-14-11(12)8-15(16)19-14/h8,10,12-13,17H,4-7,9H2,1-3H3. The molecule has 19 heavy (non-hydrogen) atoms. The van der Waals surface area contributed by atoms with Crippen LogP contribution < -0.4 is 5.32 Å². The molecule has 1 aromatic rings. The van der Waals surface area contributed by atoms with E-state index in [2.05, 4.69) is 48.1 Å². The zero-order valence-electron chi connectivity index (χ0n) is 12.0. The Labute approximate surface area is 129 Å². The van der Waals surface area contributed by atoms with Gasteiger partial charge in [0.2, 0.25) is 0 Å². The third kappa shape index (κ3) is 4.03. The number of halogens is 1. The minimum absolute atomic E-state index is 0.439. The van der Waals surface area contributed by atoms with Crippen molar-refractivity contribution >= 4 is 27.3 Å². The molecule has 1 heterocycles. The van der Waals surface area contributed by atoms with Crippen LogP contribution in [0.1, 0.15) is 50.1 Å². The van der Waals surface area contributed by atoms with Gasteiger partial charge in [0.15, 0.2) is 0 Å². The summed E-state index contributed by atoms with van der Waals surface area (Å²) in [5.41, 5.74) is 1.50. The quantitative estimate of drug-likeness (QED) is 0.817. The number of thiophene rings is 1. The highest BCUT2D eigenvalue weighted by atomic mass is 79.9. The smallest absolute Gasteiger partial charge is 0.0704 e. The molecular formula is C15H24BrNOS. The van der Waals surface area contributed by atoms with Crippen LogP contribution in [0.5, 0.6) is 0 Å². The van der Waals surface area contributed by atoms with Gasteiger partial charge in [0, 0.05) is 23.6 Å². The molecule has 2 rings (SSSR count). The summed E-state index contributed by atoms with van der Waals surface area (Å²) in [5.74, 6) is 0.596. The molecule has 2 atom stereocenters. The molecule has 0 spiro atoms. The molecule has 0 aliphatic heterocycles. The van der Waals surface area contributed by atoms with Crippen molar-refractivity contribution in [2.75, 3.05) is 13.2 Å². The van der Waals surface area contributed by atoms with Crippen molar-refractivity contribution in [2.45, 2.75) is 52.1 Å². The maximum Gasteiger partial charge on any atom is 0.0704 e. The summed E-state index contributed by atoms with van der Waals surface area (Å²) in [4.78, 5) is 1.55. The van der Waals surface area contributed by atoms with Gasteiger partial charge in [0.05, 0.1) is 10.4 Å². The van der Waals surface area contributed by atoms with Crippen molar-refractivity contribution in [1.82, 2.24) is 5.32 Å². The van der Waals surface area contributed by atoms with Crippen LogP contribution in [0.4, 0.5) is 0 Å². The van der Waals surface area contributed by atoms with E-state index in [1.807, 2.05) is 11.3 Å². The number of aryl methyl sites for hydroxylation is 1. The molecule has 1 aromatic heterocycles.